The lowest BCUT2D eigenvalue weighted by molar-refractivity contribution is 1.30. The van der Waals surface area contributed by atoms with E-state index in [1.807, 2.05) is 11.3 Å². The molecular weight excluding hydrogens is 743 g/mol. The minimum Gasteiger partial charge on any atom is -0.310 e. The van der Waals surface area contributed by atoms with Crippen molar-refractivity contribution in [3.8, 4) is 33.4 Å². The first-order valence-electron chi connectivity index (χ1n) is 20.6. The fraction of sp³-hybridized carbons (Fsp3) is 0. The van der Waals surface area contributed by atoms with Crippen molar-refractivity contribution in [2.75, 3.05) is 4.90 Å². The average molecular weight is 780 g/mol. The summed E-state index contributed by atoms with van der Waals surface area (Å²) >= 11 is 1.89. The monoisotopic (exact) mass is 779 g/mol. The first kappa shape index (κ1) is 34.5. The second kappa shape index (κ2) is 14.1. The van der Waals surface area contributed by atoms with Gasteiger partial charge in [0.1, 0.15) is 0 Å². The molecule has 1 heterocycles. The van der Waals surface area contributed by atoms with E-state index in [2.05, 4.69) is 229 Å². The van der Waals surface area contributed by atoms with E-state index in [9.17, 15) is 0 Å². The number of anilines is 3. The van der Waals surface area contributed by atoms with Crippen molar-refractivity contribution in [3.05, 3.63) is 224 Å². The molecule has 0 atom stereocenters. The molecular formula is C58H37NS. The van der Waals surface area contributed by atoms with Crippen LogP contribution in [-0.4, -0.2) is 0 Å². The zero-order chi connectivity index (χ0) is 39.6. The fourth-order valence-corrected chi connectivity index (χ4v) is 10.5. The molecule has 12 aromatic rings. The summed E-state index contributed by atoms with van der Waals surface area (Å²) < 4.78 is 2.58. The van der Waals surface area contributed by atoms with Gasteiger partial charge in [-0.05, 0) is 125 Å². The molecule has 280 valence electrons. The smallest absolute Gasteiger partial charge is 0.0555 e. The number of nitrogens with zero attached hydrogens (tertiary/aromatic N) is 1. The molecule has 11 aromatic carbocycles. The van der Waals surface area contributed by atoms with Crippen LogP contribution in [0.1, 0.15) is 0 Å². The van der Waals surface area contributed by atoms with E-state index >= 15 is 0 Å². The third-order valence-corrected chi connectivity index (χ3v) is 13.4. The lowest BCUT2D eigenvalue weighted by atomic mass is 9.96. The Labute approximate surface area is 352 Å². The minimum absolute atomic E-state index is 1.11. The maximum atomic E-state index is 2.45. The summed E-state index contributed by atoms with van der Waals surface area (Å²) in [6, 6.07) is 82.6. The van der Waals surface area contributed by atoms with Crippen LogP contribution in [0.4, 0.5) is 17.1 Å². The zero-order valence-electron chi connectivity index (χ0n) is 32.7. The van der Waals surface area contributed by atoms with E-state index in [1.54, 1.807) is 0 Å². The first-order chi connectivity index (χ1) is 29.7. The minimum atomic E-state index is 1.11. The normalized spacial score (nSPS) is 11.7. The molecule has 0 fully saturated rings. The van der Waals surface area contributed by atoms with E-state index in [-0.39, 0.29) is 0 Å². The zero-order valence-corrected chi connectivity index (χ0v) is 33.5. The van der Waals surface area contributed by atoms with Crippen molar-refractivity contribution < 1.29 is 0 Å². The predicted molar refractivity (Wildman–Crippen MR) is 260 cm³/mol. The molecule has 0 radical (unpaired) electrons. The lowest BCUT2D eigenvalue weighted by Crippen LogP contribution is -2.10. The van der Waals surface area contributed by atoms with Crippen LogP contribution < -0.4 is 4.90 Å². The molecule has 0 unspecified atom stereocenters. The van der Waals surface area contributed by atoms with E-state index in [4.69, 9.17) is 0 Å². The van der Waals surface area contributed by atoms with Crippen LogP contribution in [0.25, 0.3) is 96.6 Å². The highest BCUT2D eigenvalue weighted by molar-refractivity contribution is 7.26. The highest BCUT2D eigenvalue weighted by atomic mass is 32.1. The van der Waals surface area contributed by atoms with Gasteiger partial charge in [0.25, 0.3) is 0 Å². The Morgan fingerprint density at radius 2 is 0.850 bits per heavy atom. The number of rotatable bonds is 6. The maximum absolute atomic E-state index is 2.45. The summed E-state index contributed by atoms with van der Waals surface area (Å²) in [4.78, 5) is 2.45. The number of thiophene rings is 1. The van der Waals surface area contributed by atoms with Crippen molar-refractivity contribution >= 4 is 91.7 Å². The predicted octanol–water partition coefficient (Wildman–Crippen LogP) is 17.1. The molecule has 0 aliphatic rings. The summed E-state index contributed by atoms with van der Waals surface area (Å²) in [6.45, 7) is 0. The molecule has 0 amide bonds. The Morgan fingerprint density at radius 1 is 0.300 bits per heavy atom. The van der Waals surface area contributed by atoms with E-state index in [1.165, 1.54) is 96.6 Å². The molecule has 0 bridgehead atoms. The number of benzene rings is 11. The molecule has 0 N–H and O–H groups in total. The summed E-state index contributed by atoms with van der Waals surface area (Å²) in [5, 5.41) is 12.6. The molecule has 0 saturated heterocycles. The molecule has 1 aromatic heterocycles. The van der Waals surface area contributed by atoms with Crippen LogP contribution in [0.5, 0.6) is 0 Å². The molecule has 60 heavy (non-hydrogen) atoms. The van der Waals surface area contributed by atoms with Crippen LogP contribution in [0, 0.1) is 0 Å². The van der Waals surface area contributed by atoms with Crippen LogP contribution in [-0.2, 0) is 0 Å². The van der Waals surface area contributed by atoms with E-state index in [0.29, 0.717) is 0 Å². The van der Waals surface area contributed by atoms with Gasteiger partial charge in [0, 0.05) is 31.5 Å². The molecule has 0 aliphatic carbocycles. The number of fused-ring (bicyclic) bond motifs is 8. The summed E-state index contributed by atoms with van der Waals surface area (Å²) in [6.07, 6.45) is 0. The van der Waals surface area contributed by atoms with Gasteiger partial charge in [-0.2, -0.15) is 0 Å². The average Bonchev–Trinajstić information content (AvgIpc) is 3.72. The quantitative estimate of drug-likeness (QED) is 0.152. The number of hydrogen-bond acceptors (Lipinski definition) is 2. The van der Waals surface area contributed by atoms with Crippen molar-refractivity contribution in [3.63, 3.8) is 0 Å². The highest BCUT2D eigenvalue weighted by Gasteiger charge is 2.22. The maximum Gasteiger partial charge on any atom is 0.0555 e. The van der Waals surface area contributed by atoms with Gasteiger partial charge in [-0.1, -0.05) is 176 Å². The topological polar surface area (TPSA) is 3.24 Å². The van der Waals surface area contributed by atoms with Gasteiger partial charge >= 0.3 is 0 Å². The summed E-state index contributed by atoms with van der Waals surface area (Å²) in [5.41, 5.74) is 10.7. The van der Waals surface area contributed by atoms with Crippen molar-refractivity contribution in [2.24, 2.45) is 0 Å². The van der Waals surface area contributed by atoms with Gasteiger partial charge in [-0.3, -0.25) is 0 Å². The molecule has 0 aliphatic heterocycles. The van der Waals surface area contributed by atoms with Crippen LogP contribution in [0.15, 0.2) is 224 Å². The van der Waals surface area contributed by atoms with Gasteiger partial charge < -0.3 is 4.90 Å². The van der Waals surface area contributed by atoms with Gasteiger partial charge in [-0.25, -0.2) is 0 Å². The summed E-state index contributed by atoms with van der Waals surface area (Å²) in [5.74, 6) is 0. The van der Waals surface area contributed by atoms with Gasteiger partial charge in [0.15, 0.2) is 0 Å². The SMILES string of the molecule is c1ccc2cc(-c3ccc(N(c4ccc(-c5ccc6ccc7ccccc7c6c5)cc4)c4ccc(-c5cccc6ccccc56)cc4)c4c3sc3ccccc34)ccc2c1. The Morgan fingerprint density at radius 3 is 1.63 bits per heavy atom. The van der Waals surface area contributed by atoms with Crippen molar-refractivity contribution in [2.45, 2.75) is 0 Å². The van der Waals surface area contributed by atoms with Crippen molar-refractivity contribution in [1.29, 1.82) is 0 Å². The largest absolute Gasteiger partial charge is 0.310 e. The number of hydrogen-bond donors (Lipinski definition) is 0. The Hall–Kier alpha value is -7.52. The summed E-state index contributed by atoms with van der Waals surface area (Å²) in [7, 11) is 0. The fourth-order valence-electron chi connectivity index (χ4n) is 9.26. The van der Waals surface area contributed by atoms with E-state index < -0.39 is 0 Å². The Kier molecular flexibility index (Phi) is 8.11. The molecule has 0 spiro atoms. The first-order valence-corrected chi connectivity index (χ1v) is 21.4. The Balaban J connectivity index is 1.04. The third-order valence-electron chi connectivity index (χ3n) is 12.2. The lowest BCUT2D eigenvalue weighted by Gasteiger charge is -2.27. The van der Waals surface area contributed by atoms with Crippen molar-refractivity contribution in [1.82, 2.24) is 0 Å². The standard InChI is InChI=1S/C58H37NS/c1-2-13-44-36-46(25-20-38(44)10-1)52-34-35-55(57-53-17-7-8-19-56(53)60-58(52)57)59(48-32-28-42(29-33-48)50-18-9-14-40-11-3-5-15-49(40)50)47-30-26-39(27-31-47)45-24-23-43-22-21-41-12-4-6-16-51(41)54(43)37-45/h1-37H. The van der Waals surface area contributed by atoms with Crippen LogP contribution in [0.3, 0.4) is 0 Å². The third kappa shape index (κ3) is 5.76. The van der Waals surface area contributed by atoms with Crippen LogP contribution in [0.2, 0.25) is 0 Å². The Bertz CT molecular complexity index is 3590. The second-order valence-corrected chi connectivity index (χ2v) is 16.7. The highest BCUT2D eigenvalue weighted by Crippen LogP contribution is 2.49. The molecule has 0 saturated carbocycles. The van der Waals surface area contributed by atoms with Gasteiger partial charge in [0.2, 0.25) is 0 Å². The molecule has 12 rings (SSSR count). The molecule has 1 nitrogen and oxygen atoms in total. The molecule has 2 heteroatoms. The van der Waals surface area contributed by atoms with Gasteiger partial charge in [0.05, 0.1) is 5.69 Å². The van der Waals surface area contributed by atoms with Crippen LogP contribution >= 0.6 is 11.3 Å². The van der Waals surface area contributed by atoms with E-state index in [0.717, 1.165) is 17.1 Å². The van der Waals surface area contributed by atoms with Gasteiger partial charge in [-0.15, -0.1) is 11.3 Å². The second-order valence-electron chi connectivity index (χ2n) is 15.7.